The molecule has 0 radical (unpaired) electrons. The number of benzene rings is 1. The fourth-order valence-corrected chi connectivity index (χ4v) is 1.51. The molecule has 1 aromatic carbocycles. The fourth-order valence-electron chi connectivity index (χ4n) is 1.51. The van der Waals surface area contributed by atoms with Crippen LogP contribution in [0.4, 0.5) is 0 Å². The third-order valence-corrected chi connectivity index (χ3v) is 2.65. The van der Waals surface area contributed by atoms with Gasteiger partial charge in [-0.3, -0.25) is 9.59 Å². The number of aldehydes is 1. The van der Waals surface area contributed by atoms with Crippen molar-refractivity contribution in [1.82, 2.24) is 10.6 Å². The minimum absolute atomic E-state index is 0.0931. The number of amides is 1. The van der Waals surface area contributed by atoms with Gasteiger partial charge in [-0.15, -0.1) is 0 Å². The van der Waals surface area contributed by atoms with Crippen LogP contribution in [0.15, 0.2) is 36.4 Å². The summed E-state index contributed by atoms with van der Waals surface area (Å²) in [5.41, 5.74) is 2.35. The summed E-state index contributed by atoms with van der Waals surface area (Å²) < 4.78 is 0. The van der Waals surface area contributed by atoms with Crippen LogP contribution < -0.4 is 10.6 Å². The van der Waals surface area contributed by atoms with Crippen LogP contribution in [0.3, 0.4) is 0 Å². The van der Waals surface area contributed by atoms with Crippen molar-refractivity contribution in [3.8, 4) is 0 Å². The van der Waals surface area contributed by atoms with Crippen LogP contribution in [0.2, 0.25) is 0 Å². The molecule has 0 spiro atoms. The Morgan fingerprint density at radius 1 is 1.26 bits per heavy atom. The number of hydrogen-bond donors (Lipinski definition) is 2. The molecule has 2 N–H and O–H groups in total. The highest BCUT2D eigenvalue weighted by Gasteiger charge is 1.99. The maximum atomic E-state index is 11.2. The molecular weight excluding hydrogens is 240 g/mol. The van der Waals surface area contributed by atoms with Crippen molar-refractivity contribution >= 4 is 12.2 Å². The van der Waals surface area contributed by atoms with Crippen LogP contribution >= 0.6 is 0 Å². The van der Waals surface area contributed by atoms with Crippen molar-refractivity contribution in [2.45, 2.75) is 19.9 Å². The van der Waals surface area contributed by atoms with Crippen molar-refractivity contribution in [2.75, 3.05) is 13.1 Å². The van der Waals surface area contributed by atoms with Gasteiger partial charge >= 0.3 is 0 Å². The Morgan fingerprint density at radius 2 is 1.95 bits per heavy atom. The van der Waals surface area contributed by atoms with Gasteiger partial charge in [0, 0.05) is 24.2 Å². The number of carbonyl (C=O) groups is 2. The predicted molar refractivity (Wildman–Crippen MR) is 76.0 cm³/mol. The summed E-state index contributed by atoms with van der Waals surface area (Å²) in [7, 11) is 0. The van der Waals surface area contributed by atoms with Gasteiger partial charge in [0.1, 0.15) is 6.29 Å². The first-order valence-electron chi connectivity index (χ1n) is 6.32. The lowest BCUT2D eigenvalue weighted by Gasteiger charge is -2.06. The molecule has 0 atom stereocenters. The Kier molecular flexibility index (Phi) is 6.53. The van der Waals surface area contributed by atoms with Gasteiger partial charge in [-0.25, -0.2) is 0 Å². The van der Waals surface area contributed by atoms with Crippen molar-refractivity contribution < 1.29 is 9.59 Å². The van der Waals surface area contributed by atoms with E-state index in [1.165, 1.54) is 0 Å². The maximum Gasteiger partial charge on any atom is 0.246 e. The minimum Gasteiger partial charge on any atom is -0.352 e. The predicted octanol–water partition coefficient (Wildman–Crippen LogP) is 1.67. The highest BCUT2D eigenvalue weighted by Crippen LogP contribution is 2.01. The summed E-state index contributed by atoms with van der Waals surface area (Å²) in [4.78, 5) is 21.7. The second-order valence-electron chi connectivity index (χ2n) is 4.43. The van der Waals surface area contributed by atoms with Crippen LogP contribution in [0.25, 0.3) is 0 Å². The quantitative estimate of drug-likeness (QED) is 0.425. The fraction of sp³-hybridized carbons (Fsp3) is 0.333. The lowest BCUT2D eigenvalue weighted by molar-refractivity contribution is -0.117. The minimum atomic E-state index is -0.0931. The standard InChI is InChI=1S/C15H20N2O2/c1-12(2)15(19)17-9-3-8-16-10-13-4-6-14(11-18)7-5-13/h4-7,11,16H,1,3,8-10H2,2H3,(H,17,19). The topological polar surface area (TPSA) is 58.2 Å². The largest absolute Gasteiger partial charge is 0.352 e. The Morgan fingerprint density at radius 3 is 2.53 bits per heavy atom. The summed E-state index contributed by atoms with van der Waals surface area (Å²) in [5, 5.41) is 6.06. The zero-order valence-corrected chi connectivity index (χ0v) is 11.2. The molecule has 1 amide bonds. The molecule has 102 valence electrons. The van der Waals surface area contributed by atoms with Gasteiger partial charge in [-0.05, 0) is 25.5 Å². The SMILES string of the molecule is C=C(C)C(=O)NCCCNCc1ccc(C=O)cc1. The van der Waals surface area contributed by atoms with E-state index < -0.39 is 0 Å². The molecule has 1 aromatic rings. The Hall–Kier alpha value is -1.94. The molecule has 4 heteroatoms. The zero-order chi connectivity index (χ0) is 14.1. The summed E-state index contributed by atoms with van der Waals surface area (Å²) in [6.07, 6.45) is 1.70. The summed E-state index contributed by atoms with van der Waals surface area (Å²) >= 11 is 0. The van der Waals surface area contributed by atoms with E-state index in [-0.39, 0.29) is 5.91 Å². The van der Waals surface area contributed by atoms with Crippen LogP contribution in [0.1, 0.15) is 29.3 Å². The number of hydrogen-bond acceptors (Lipinski definition) is 3. The van der Waals surface area contributed by atoms with Gasteiger partial charge in [0.25, 0.3) is 0 Å². The first-order valence-corrected chi connectivity index (χ1v) is 6.32. The van der Waals surface area contributed by atoms with Crippen LogP contribution in [-0.2, 0) is 11.3 Å². The van der Waals surface area contributed by atoms with Gasteiger partial charge in [0.05, 0.1) is 0 Å². The van der Waals surface area contributed by atoms with Gasteiger partial charge < -0.3 is 10.6 Å². The Bertz CT molecular complexity index is 438. The van der Waals surface area contributed by atoms with E-state index >= 15 is 0 Å². The van der Waals surface area contributed by atoms with E-state index in [9.17, 15) is 9.59 Å². The third-order valence-electron chi connectivity index (χ3n) is 2.65. The normalized spacial score (nSPS) is 9.95. The summed E-state index contributed by atoms with van der Waals surface area (Å²) in [6.45, 7) is 7.49. The van der Waals surface area contributed by atoms with Crippen molar-refractivity contribution in [2.24, 2.45) is 0 Å². The van der Waals surface area contributed by atoms with E-state index in [0.29, 0.717) is 17.7 Å². The zero-order valence-electron chi connectivity index (χ0n) is 11.2. The molecule has 0 aliphatic rings. The monoisotopic (exact) mass is 260 g/mol. The van der Waals surface area contributed by atoms with E-state index in [0.717, 1.165) is 31.4 Å². The molecule has 0 heterocycles. The lowest BCUT2D eigenvalue weighted by atomic mass is 10.1. The highest BCUT2D eigenvalue weighted by molar-refractivity contribution is 5.91. The molecule has 0 saturated carbocycles. The first-order chi connectivity index (χ1) is 9.13. The van der Waals surface area contributed by atoms with Gasteiger partial charge in [-0.1, -0.05) is 30.8 Å². The van der Waals surface area contributed by atoms with Crippen LogP contribution in [0, 0.1) is 0 Å². The molecule has 0 aromatic heterocycles. The van der Waals surface area contributed by atoms with Gasteiger partial charge in [0.2, 0.25) is 5.91 Å². The molecule has 0 aliphatic carbocycles. The highest BCUT2D eigenvalue weighted by atomic mass is 16.1. The second-order valence-corrected chi connectivity index (χ2v) is 4.43. The average Bonchev–Trinajstić information content (AvgIpc) is 2.42. The summed E-state index contributed by atoms with van der Waals surface area (Å²) in [5.74, 6) is -0.0931. The van der Waals surface area contributed by atoms with E-state index in [1.54, 1.807) is 19.1 Å². The summed E-state index contributed by atoms with van der Waals surface area (Å²) in [6, 6.07) is 7.47. The molecule has 0 unspecified atom stereocenters. The van der Waals surface area contributed by atoms with E-state index in [2.05, 4.69) is 17.2 Å². The third kappa shape index (κ3) is 5.97. The van der Waals surface area contributed by atoms with Crippen molar-refractivity contribution in [1.29, 1.82) is 0 Å². The average molecular weight is 260 g/mol. The smallest absolute Gasteiger partial charge is 0.246 e. The molecule has 0 fully saturated rings. The first kappa shape index (κ1) is 15.1. The molecular formula is C15H20N2O2. The van der Waals surface area contributed by atoms with E-state index in [4.69, 9.17) is 0 Å². The van der Waals surface area contributed by atoms with Crippen molar-refractivity contribution in [3.63, 3.8) is 0 Å². The molecule has 19 heavy (non-hydrogen) atoms. The van der Waals surface area contributed by atoms with Crippen LogP contribution in [-0.4, -0.2) is 25.3 Å². The van der Waals surface area contributed by atoms with Crippen LogP contribution in [0.5, 0.6) is 0 Å². The van der Waals surface area contributed by atoms with Crippen molar-refractivity contribution in [3.05, 3.63) is 47.5 Å². The molecule has 1 rings (SSSR count). The maximum absolute atomic E-state index is 11.2. The molecule has 0 bridgehead atoms. The number of carbonyl (C=O) groups excluding carboxylic acids is 2. The molecule has 0 aliphatic heterocycles. The molecule has 0 saturated heterocycles. The van der Waals surface area contributed by atoms with Gasteiger partial charge in [0.15, 0.2) is 0 Å². The Labute approximate surface area is 113 Å². The van der Waals surface area contributed by atoms with Gasteiger partial charge in [-0.2, -0.15) is 0 Å². The second kappa shape index (κ2) is 8.21. The Balaban J connectivity index is 2.12. The van der Waals surface area contributed by atoms with E-state index in [1.807, 2.05) is 12.1 Å². The molecule has 4 nitrogen and oxygen atoms in total. The number of nitrogens with one attached hydrogen (secondary N) is 2. The lowest BCUT2D eigenvalue weighted by Crippen LogP contribution is -2.27. The number of rotatable bonds is 8.